The van der Waals surface area contributed by atoms with Crippen LogP contribution in [0.2, 0.25) is 0 Å². The van der Waals surface area contributed by atoms with Crippen molar-refractivity contribution in [2.45, 2.75) is 12.6 Å². The van der Waals surface area contributed by atoms with Crippen molar-refractivity contribution in [2.24, 2.45) is 0 Å². The second kappa shape index (κ2) is 4.16. The van der Waals surface area contributed by atoms with E-state index in [1.807, 2.05) is 42.3 Å². The van der Waals surface area contributed by atoms with Gasteiger partial charge in [-0.3, -0.25) is 4.90 Å². The predicted molar refractivity (Wildman–Crippen MR) is 64.8 cm³/mol. The van der Waals surface area contributed by atoms with E-state index in [9.17, 15) is 5.11 Å². The Hall–Kier alpha value is -1.13. The summed E-state index contributed by atoms with van der Waals surface area (Å²) in [5, 5.41) is 10.6. The zero-order valence-electron chi connectivity index (χ0n) is 8.63. The fourth-order valence-electron chi connectivity index (χ4n) is 1.72. The van der Waals surface area contributed by atoms with Crippen LogP contribution in [0.3, 0.4) is 0 Å². The number of hydrogen-bond donors (Lipinski definition) is 1. The smallest absolute Gasteiger partial charge is 0.177 e. The van der Waals surface area contributed by atoms with Gasteiger partial charge >= 0.3 is 0 Å². The number of hydrogen-bond acceptors (Lipinski definition) is 2. The minimum atomic E-state index is -0.504. The van der Waals surface area contributed by atoms with E-state index >= 15 is 0 Å². The average molecular weight is 222 g/mol. The number of anilines is 1. The maximum atomic E-state index is 9.92. The van der Waals surface area contributed by atoms with Crippen molar-refractivity contribution in [3.8, 4) is 0 Å². The summed E-state index contributed by atoms with van der Waals surface area (Å²) in [6, 6.07) is 9.74. The monoisotopic (exact) mass is 222 g/mol. The Bertz CT molecular complexity index is 355. The van der Waals surface area contributed by atoms with Gasteiger partial charge in [0.2, 0.25) is 0 Å². The molecule has 0 aliphatic carbocycles. The van der Waals surface area contributed by atoms with Gasteiger partial charge in [0.15, 0.2) is 5.11 Å². The molecule has 1 heterocycles. The lowest BCUT2D eigenvalue weighted by Crippen LogP contribution is -2.53. The number of rotatable bonds is 1. The average Bonchev–Trinajstić information content (AvgIpc) is 2.26. The van der Waals surface area contributed by atoms with Gasteiger partial charge in [-0.2, -0.15) is 0 Å². The van der Waals surface area contributed by atoms with Crippen molar-refractivity contribution in [3.63, 3.8) is 0 Å². The summed E-state index contributed by atoms with van der Waals surface area (Å²) in [6.07, 6.45) is 0.210. The van der Waals surface area contributed by atoms with Crippen LogP contribution in [-0.2, 0) is 0 Å². The zero-order valence-corrected chi connectivity index (χ0v) is 9.44. The molecule has 1 atom stereocenters. The molecule has 1 aromatic carbocycles. The highest BCUT2D eigenvalue weighted by Crippen LogP contribution is 2.22. The Labute approximate surface area is 94.9 Å². The predicted octanol–water partition coefficient (Wildman–Crippen LogP) is 1.43. The first-order chi connectivity index (χ1) is 7.20. The molecule has 1 aliphatic heterocycles. The molecule has 1 aliphatic rings. The minimum Gasteiger partial charge on any atom is -0.373 e. The summed E-state index contributed by atoms with van der Waals surface area (Å²) in [5.74, 6) is 0. The third-order valence-corrected chi connectivity index (χ3v) is 3.10. The summed E-state index contributed by atoms with van der Waals surface area (Å²) >= 11 is 5.30. The Morgan fingerprint density at radius 2 is 2.00 bits per heavy atom. The van der Waals surface area contributed by atoms with Gasteiger partial charge in [0.1, 0.15) is 6.23 Å². The second-order valence-electron chi connectivity index (χ2n) is 3.68. The van der Waals surface area contributed by atoms with E-state index in [0.29, 0.717) is 11.5 Å². The molecule has 1 saturated heterocycles. The highest BCUT2D eigenvalue weighted by atomic mass is 32.1. The topological polar surface area (TPSA) is 26.7 Å². The van der Waals surface area contributed by atoms with Crippen molar-refractivity contribution >= 4 is 23.0 Å². The molecule has 0 bridgehead atoms. The third kappa shape index (κ3) is 1.96. The molecule has 15 heavy (non-hydrogen) atoms. The summed E-state index contributed by atoms with van der Waals surface area (Å²) in [4.78, 5) is 3.77. The molecule has 0 amide bonds. The fourth-order valence-corrected chi connectivity index (χ4v) is 2.03. The van der Waals surface area contributed by atoms with E-state index < -0.39 is 6.23 Å². The summed E-state index contributed by atoms with van der Waals surface area (Å²) in [5.41, 5.74) is 0.946. The summed E-state index contributed by atoms with van der Waals surface area (Å²) in [6.45, 7) is 0.809. The standard InChI is InChI=1S/C11H14N2OS/c1-12-8-7-10(14)13(11(12)15)9-5-3-2-4-6-9/h2-6,10,14H,7-8H2,1H3/t10-/m0/s1. The van der Waals surface area contributed by atoms with Gasteiger partial charge in [0.25, 0.3) is 0 Å². The highest BCUT2D eigenvalue weighted by Gasteiger charge is 2.27. The molecule has 1 N–H and O–H groups in total. The molecule has 2 rings (SSSR count). The number of para-hydroxylation sites is 1. The molecule has 0 spiro atoms. The van der Waals surface area contributed by atoms with Crippen LogP contribution in [0.25, 0.3) is 0 Å². The number of aliphatic hydroxyl groups excluding tert-OH is 1. The molecule has 1 aromatic rings. The van der Waals surface area contributed by atoms with Gasteiger partial charge in [0, 0.05) is 25.7 Å². The van der Waals surface area contributed by atoms with Crippen LogP contribution >= 0.6 is 12.2 Å². The van der Waals surface area contributed by atoms with Crippen LogP contribution in [0, 0.1) is 0 Å². The van der Waals surface area contributed by atoms with E-state index in [1.54, 1.807) is 4.90 Å². The largest absolute Gasteiger partial charge is 0.373 e. The number of benzene rings is 1. The third-order valence-electron chi connectivity index (χ3n) is 2.59. The number of nitrogens with zero attached hydrogens (tertiary/aromatic N) is 2. The lowest BCUT2D eigenvalue weighted by Gasteiger charge is -2.39. The SMILES string of the molecule is CN1CC[C@H](O)N(c2ccccc2)C1=S. The van der Waals surface area contributed by atoms with E-state index in [0.717, 1.165) is 12.2 Å². The lowest BCUT2D eigenvalue weighted by atomic mass is 10.2. The van der Waals surface area contributed by atoms with Crippen molar-refractivity contribution in [1.82, 2.24) is 4.90 Å². The molecule has 0 saturated carbocycles. The Morgan fingerprint density at radius 3 is 2.67 bits per heavy atom. The van der Waals surface area contributed by atoms with Gasteiger partial charge in [-0.15, -0.1) is 0 Å². The normalized spacial score (nSPS) is 22.0. The first kappa shape index (κ1) is 10.4. The quantitative estimate of drug-likeness (QED) is 0.727. The van der Waals surface area contributed by atoms with Gasteiger partial charge in [0.05, 0.1) is 0 Å². The molecule has 80 valence electrons. The molecule has 1 fully saturated rings. The Morgan fingerprint density at radius 1 is 1.33 bits per heavy atom. The minimum absolute atomic E-state index is 0.504. The first-order valence-electron chi connectivity index (χ1n) is 4.97. The molecule has 0 aromatic heterocycles. The van der Waals surface area contributed by atoms with Gasteiger partial charge in [-0.05, 0) is 24.4 Å². The van der Waals surface area contributed by atoms with Crippen LogP contribution in [0.4, 0.5) is 5.69 Å². The Balaban J connectivity index is 2.30. The number of aliphatic hydroxyl groups is 1. The molecular formula is C11H14N2OS. The molecule has 0 radical (unpaired) electrons. The van der Waals surface area contributed by atoms with Crippen LogP contribution in [0.15, 0.2) is 30.3 Å². The van der Waals surface area contributed by atoms with Crippen LogP contribution in [-0.4, -0.2) is 34.9 Å². The van der Waals surface area contributed by atoms with Gasteiger partial charge in [-0.25, -0.2) is 0 Å². The maximum absolute atomic E-state index is 9.92. The molecular weight excluding hydrogens is 208 g/mol. The van der Waals surface area contributed by atoms with Gasteiger partial charge < -0.3 is 10.0 Å². The summed E-state index contributed by atoms with van der Waals surface area (Å²) < 4.78 is 0. The van der Waals surface area contributed by atoms with Gasteiger partial charge in [-0.1, -0.05) is 18.2 Å². The van der Waals surface area contributed by atoms with Crippen LogP contribution < -0.4 is 4.90 Å². The molecule has 0 unspecified atom stereocenters. The van der Waals surface area contributed by atoms with Crippen LogP contribution in [0.1, 0.15) is 6.42 Å². The number of thiocarbonyl (C=S) groups is 1. The summed E-state index contributed by atoms with van der Waals surface area (Å²) in [7, 11) is 1.95. The fraction of sp³-hybridized carbons (Fsp3) is 0.364. The van der Waals surface area contributed by atoms with E-state index in [4.69, 9.17) is 12.2 Å². The molecule has 4 heteroatoms. The van der Waals surface area contributed by atoms with E-state index in [-0.39, 0.29) is 0 Å². The van der Waals surface area contributed by atoms with E-state index in [1.165, 1.54) is 0 Å². The maximum Gasteiger partial charge on any atom is 0.177 e. The zero-order chi connectivity index (χ0) is 10.8. The van der Waals surface area contributed by atoms with Crippen LogP contribution in [0.5, 0.6) is 0 Å². The van der Waals surface area contributed by atoms with Crippen molar-refractivity contribution < 1.29 is 5.11 Å². The Kier molecular flexibility index (Phi) is 2.88. The lowest BCUT2D eigenvalue weighted by molar-refractivity contribution is 0.149. The van der Waals surface area contributed by atoms with E-state index in [2.05, 4.69) is 0 Å². The van der Waals surface area contributed by atoms with Crippen molar-refractivity contribution in [3.05, 3.63) is 30.3 Å². The van der Waals surface area contributed by atoms with Crippen molar-refractivity contribution in [1.29, 1.82) is 0 Å². The second-order valence-corrected chi connectivity index (χ2v) is 4.04. The first-order valence-corrected chi connectivity index (χ1v) is 5.38. The van der Waals surface area contributed by atoms with Crippen molar-refractivity contribution in [2.75, 3.05) is 18.5 Å². The molecule has 3 nitrogen and oxygen atoms in total. The highest BCUT2D eigenvalue weighted by molar-refractivity contribution is 7.80.